The summed E-state index contributed by atoms with van der Waals surface area (Å²) in [6.07, 6.45) is 0.659. The molecule has 0 amide bonds. The minimum absolute atomic E-state index is 0.135. The van der Waals surface area contributed by atoms with E-state index in [4.69, 9.17) is 14.6 Å². The highest BCUT2D eigenvalue weighted by molar-refractivity contribution is 5.67. The number of nitrogens with one attached hydrogen (secondary N) is 1. The van der Waals surface area contributed by atoms with Crippen molar-refractivity contribution in [2.45, 2.75) is 19.4 Å². The summed E-state index contributed by atoms with van der Waals surface area (Å²) in [7, 11) is 3.25. The number of rotatable bonds is 8. The molecule has 5 heteroatoms. The average molecular weight is 315 g/mol. The van der Waals surface area contributed by atoms with Gasteiger partial charge in [0.2, 0.25) is 0 Å². The molecular formula is C18H21NO4. The molecule has 0 heterocycles. The first-order valence-corrected chi connectivity index (χ1v) is 7.38. The fraction of sp³-hybridized carbons (Fsp3) is 0.278. The lowest BCUT2D eigenvalue weighted by atomic mass is 10.1. The second kappa shape index (κ2) is 8.08. The van der Waals surface area contributed by atoms with Gasteiger partial charge < -0.3 is 19.9 Å². The molecule has 0 aromatic heterocycles. The van der Waals surface area contributed by atoms with Crippen LogP contribution < -0.4 is 14.8 Å². The van der Waals surface area contributed by atoms with E-state index in [0.717, 1.165) is 28.3 Å². The fourth-order valence-electron chi connectivity index (χ4n) is 2.28. The quantitative estimate of drug-likeness (QED) is 0.782. The Balaban J connectivity index is 2.03. The summed E-state index contributed by atoms with van der Waals surface area (Å²) in [4.78, 5) is 10.7. The van der Waals surface area contributed by atoms with Crippen LogP contribution in [0.4, 0.5) is 5.69 Å². The number of aryl methyl sites for hydroxylation is 1. The first-order chi connectivity index (χ1) is 11.1. The number of hydrogen-bond donors (Lipinski definition) is 2. The summed E-state index contributed by atoms with van der Waals surface area (Å²) in [5.74, 6) is 0.728. The Bertz CT molecular complexity index is 670. The lowest BCUT2D eigenvalue weighted by molar-refractivity contribution is -0.136. The van der Waals surface area contributed by atoms with Crippen LogP contribution in [0, 0.1) is 0 Å². The Kier molecular flexibility index (Phi) is 5.86. The first kappa shape index (κ1) is 16.7. The zero-order valence-electron chi connectivity index (χ0n) is 13.3. The number of methoxy groups -OCH3 is 2. The monoisotopic (exact) mass is 315 g/mol. The van der Waals surface area contributed by atoms with Gasteiger partial charge in [-0.1, -0.05) is 12.1 Å². The zero-order chi connectivity index (χ0) is 16.7. The third kappa shape index (κ3) is 4.92. The van der Waals surface area contributed by atoms with Gasteiger partial charge in [0.1, 0.15) is 11.5 Å². The topological polar surface area (TPSA) is 67.8 Å². The van der Waals surface area contributed by atoms with Gasteiger partial charge in [0, 0.05) is 30.3 Å². The summed E-state index contributed by atoms with van der Waals surface area (Å²) in [5, 5.41) is 12.1. The molecule has 0 bridgehead atoms. The molecule has 2 aromatic carbocycles. The Morgan fingerprint density at radius 2 is 1.96 bits per heavy atom. The van der Waals surface area contributed by atoms with E-state index in [-0.39, 0.29) is 6.42 Å². The van der Waals surface area contributed by atoms with E-state index in [1.807, 2.05) is 42.5 Å². The van der Waals surface area contributed by atoms with Gasteiger partial charge in [-0.2, -0.15) is 0 Å². The normalized spacial score (nSPS) is 10.2. The van der Waals surface area contributed by atoms with E-state index in [1.54, 1.807) is 14.2 Å². The van der Waals surface area contributed by atoms with Crippen molar-refractivity contribution in [2.75, 3.05) is 19.5 Å². The summed E-state index contributed by atoms with van der Waals surface area (Å²) in [5.41, 5.74) is 2.97. The van der Waals surface area contributed by atoms with Gasteiger partial charge in [0.25, 0.3) is 0 Å². The van der Waals surface area contributed by atoms with Gasteiger partial charge in [0.05, 0.1) is 14.2 Å². The van der Waals surface area contributed by atoms with Crippen LogP contribution in [0.3, 0.4) is 0 Å². The predicted octanol–water partition coefficient (Wildman–Crippen LogP) is 3.33. The SMILES string of the molecule is COc1ccc(CNc2cccc(CCC(=O)O)c2)c(OC)c1. The van der Waals surface area contributed by atoms with Crippen molar-refractivity contribution in [1.29, 1.82) is 0 Å². The minimum atomic E-state index is -0.786. The van der Waals surface area contributed by atoms with E-state index in [9.17, 15) is 4.79 Å². The van der Waals surface area contributed by atoms with Gasteiger partial charge in [-0.05, 0) is 36.2 Å². The maximum Gasteiger partial charge on any atom is 0.303 e. The molecular weight excluding hydrogens is 294 g/mol. The maximum absolute atomic E-state index is 10.7. The Hall–Kier alpha value is -2.69. The van der Waals surface area contributed by atoms with E-state index in [1.165, 1.54) is 0 Å². The Morgan fingerprint density at radius 1 is 1.13 bits per heavy atom. The standard InChI is InChI=1S/C18H21NO4/c1-22-16-8-7-14(17(11-16)23-2)12-19-15-5-3-4-13(10-15)6-9-18(20)21/h3-5,7-8,10-11,19H,6,9,12H2,1-2H3,(H,20,21). The highest BCUT2D eigenvalue weighted by atomic mass is 16.5. The van der Waals surface area contributed by atoms with Crippen molar-refractivity contribution >= 4 is 11.7 Å². The molecule has 0 spiro atoms. The summed E-state index contributed by atoms with van der Waals surface area (Å²) in [6.45, 7) is 0.607. The van der Waals surface area contributed by atoms with Gasteiger partial charge in [0.15, 0.2) is 0 Å². The Morgan fingerprint density at radius 3 is 2.65 bits per heavy atom. The van der Waals surface area contributed by atoms with Crippen molar-refractivity contribution in [1.82, 2.24) is 0 Å². The van der Waals surface area contributed by atoms with Crippen LogP contribution in [-0.4, -0.2) is 25.3 Å². The lowest BCUT2D eigenvalue weighted by Gasteiger charge is -2.12. The molecule has 5 nitrogen and oxygen atoms in total. The number of benzene rings is 2. The van der Waals surface area contributed by atoms with Crippen LogP contribution in [-0.2, 0) is 17.8 Å². The van der Waals surface area contributed by atoms with Gasteiger partial charge in [-0.25, -0.2) is 0 Å². The zero-order valence-corrected chi connectivity index (χ0v) is 13.3. The highest BCUT2D eigenvalue weighted by Crippen LogP contribution is 2.25. The fourth-order valence-corrected chi connectivity index (χ4v) is 2.28. The number of aliphatic carboxylic acids is 1. The van der Waals surface area contributed by atoms with E-state index < -0.39 is 5.97 Å². The third-order valence-corrected chi connectivity index (χ3v) is 3.53. The molecule has 0 saturated carbocycles. The molecule has 0 aliphatic carbocycles. The molecule has 0 radical (unpaired) electrons. The smallest absolute Gasteiger partial charge is 0.303 e. The molecule has 2 N–H and O–H groups in total. The second-order valence-electron chi connectivity index (χ2n) is 5.13. The average Bonchev–Trinajstić information content (AvgIpc) is 2.58. The maximum atomic E-state index is 10.7. The van der Waals surface area contributed by atoms with Crippen LogP contribution in [0.2, 0.25) is 0 Å². The van der Waals surface area contributed by atoms with Crippen LogP contribution in [0.1, 0.15) is 17.5 Å². The number of carboxylic acid groups (broad SMARTS) is 1. The number of hydrogen-bond acceptors (Lipinski definition) is 4. The minimum Gasteiger partial charge on any atom is -0.497 e. The number of carbonyl (C=O) groups is 1. The van der Waals surface area contributed by atoms with Gasteiger partial charge >= 0.3 is 5.97 Å². The third-order valence-electron chi connectivity index (χ3n) is 3.53. The van der Waals surface area contributed by atoms with Crippen LogP contribution in [0.25, 0.3) is 0 Å². The number of anilines is 1. The second-order valence-corrected chi connectivity index (χ2v) is 5.13. The van der Waals surface area contributed by atoms with Crippen LogP contribution in [0.15, 0.2) is 42.5 Å². The van der Waals surface area contributed by atoms with Crippen molar-refractivity contribution < 1.29 is 19.4 Å². The number of carboxylic acids is 1. The van der Waals surface area contributed by atoms with E-state index in [0.29, 0.717) is 13.0 Å². The molecule has 0 saturated heterocycles. The van der Waals surface area contributed by atoms with Crippen LogP contribution >= 0.6 is 0 Å². The van der Waals surface area contributed by atoms with Crippen molar-refractivity contribution in [3.05, 3.63) is 53.6 Å². The molecule has 2 rings (SSSR count). The summed E-state index contributed by atoms with van der Waals surface area (Å²) < 4.78 is 10.6. The molecule has 0 atom stereocenters. The molecule has 0 unspecified atom stereocenters. The highest BCUT2D eigenvalue weighted by Gasteiger charge is 2.05. The summed E-state index contributed by atoms with van der Waals surface area (Å²) >= 11 is 0. The first-order valence-electron chi connectivity index (χ1n) is 7.38. The summed E-state index contributed by atoms with van der Waals surface area (Å²) in [6, 6.07) is 13.5. The largest absolute Gasteiger partial charge is 0.497 e. The predicted molar refractivity (Wildman–Crippen MR) is 89.3 cm³/mol. The van der Waals surface area contributed by atoms with Gasteiger partial charge in [-0.3, -0.25) is 4.79 Å². The Labute approximate surface area is 135 Å². The molecule has 2 aromatic rings. The van der Waals surface area contributed by atoms with E-state index in [2.05, 4.69) is 5.32 Å². The van der Waals surface area contributed by atoms with Crippen LogP contribution in [0.5, 0.6) is 11.5 Å². The molecule has 23 heavy (non-hydrogen) atoms. The van der Waals surface area contributed by atoms with Crippen molar-refractivity contribution in [2.24, 2.45) is 0 Å². The molecule has 0 aliphatic heterocycles. The number of ether oxygens (including phenoxy) is 2. The van der Waals surface area contributed by atoms with Crippen molar-refractivity contribution in [3.8, 4) is 11.5 Å². The lowest BCUT2D eigenvalue weighted by Crippen LogP contribution is -2.03. The molecule has 122 valence electrons. The molecule has 0 aliphatic rings. The van der Waals surface area contributed by atoms with Crippen molar-refractivity contribution in [3.63, 3.8) is 0 Å². The molecule has 0 fully saturated rings. The van der Waals surface area contributed by atoms with E-state index >= 15 is 0 Å². The van der Waals surface area contributed by atoms with Gasteiger partial charge in [-0.15, -0.1) is 0 Å².